The number of benzene rings is 3. The van der Waals surface area contributed by atoms with Crippen LogP contribution in [-0.4, -0.2) is 68.4 Å². The number of sulfonamides is 1. The first-order valence-electron chi connectivity index (χ1n) is 12.2. The summed E-state index contributed by atoms with van der Waals surface area (Å²) in [6.07, 6.45) is 1.78. The number of rotatable bonds is 10. The quantitative estimate of drug-likeness (QED) is 0.231. The van der Waals surface area contributed by atoms with Crippen molar-refractivity contribution in [3.63, 3.8) is 0 Å². The van der Waals surface area contributed by atoms with Gasteiger partial charge in [0.25, 0.3) is 0 Å². The lowest BCUT2D eigenvalue weighted by Crippen LogP contribution is -2.49. The van der Waals surface area contributed by atoms with Crippen LogP contribution in [-0.2, 0) is 26.2 Å². The number of likely N-dealkylation sites (tertiary alicyclic amines) is 1. The molecule has 0 spiro atoms. The maximum absolute atomic E-state index is 13.9. The number of hydrogen-bond donors (Lipinski definition) is 2. The minimum absolute atomic E-state index is 0.00238. The molecule has 0 bridgehead atoms. The average molecular weight is 538 g/mol. The van der Waals surface area contributed by atoms with Crippen molar-refractivity contribution in [2.45, 2.75) is 30.8 Å². The van der Waals surface area contributed by atoms with Crippen LogP contribution in [0, 0.1) is 0 Å². The molecule has 0 saturated carbocycles. The van der Waals surface area contributed by atoms with Gasteiger partial charge in [0.2, 0.25) is 21.8 Å². The number of fused-ring (bicyclic) bond motifs is 1. The molecule has 0 unspecified atom stereocenters. The summed E-state index contributed by atoms with van der Waals surface area (Å²) in [6, 6.07) is 16.5. The van der Waals surface area contributed by atoms with Gasteiger partial charge in [-0.2, -0.15) is 9.41 Å². The summed E-state index contributed by atoms with van der Waals surface area (Å²) >= 11 is 0. The lowest BCUT2D eigenvalue weighted by Gasteiger charge is -2.27. The monoisotopic (exact) mass is 537 g/mol. The van der Waals surface area contributed by atoms with Crippen molar-refractivity contribution < 1.29 is 22.7 Å². The minimum atomic E-state index is -4.20. The highest BCUT2D eigenvalue weighted by atomic mass is 32.2. The van der Waals surface area contributed by atoms with E-state index in [-0.39, 0.29) is 17.2 Å². The zero-order chi connectivity index (χ0) is 27.3. The van der Waals surface area contributed by atoms with Gasteiger partial charge in [0.05, 0.1) is 24.8 Å². The van der Waals surface area contributed by atoms with Crippen LogP contribution in [0.3, 0.4) is 0 Å². The average Bonchev–Trinajstić information content (AvgIpc) is 3.26. The van der Waals surface area contributed by atoms with E-state index >= 15 is 0 Å². The zero-order valence-corrected chi connectivity index (χ0v) is 22.1. The SMILES string of the molecule is CCNC(=O)CN([C@H]1CCN(Cc2cccc(C=NN)c2)C1=O)S(=O)(=O)c1ccc2ccc(OC)cc2c1. The number of ether oxygens (including phenoxy) is 1. The van der Waals surface area contributed by atoms with Gasteiger partial charge in [0.1, 0.15) is 11.8 Å². The van der Waals surface area contributed by atoms with Crippen molar-refractivity contribution in [2.75, 3.05) is 26.7 Å². The third kappa shape index (κ3) is 5.79. The predicted molar refractivity (Wildman–Crippen MR) is 145 cm³/mol. The number of carbonyl (C=O) groups is 2. The second-order valence-corrected chi connectivity index (χ2v) is 10.9. The number of carbonyl (C=O) groups excluding carboxylic acids is 2. The maximum atomic E-state index is 13.9. The van der Waals surface area contributed by atoms with Gasteiger partial charge in [-0.25, -0.2) is 8.42 Å². The lowest BCUT2D eigenvalue weighted by molar-refractivity contribution is -0.131. The predicted octanol–water partition coefficient (Wildman–Crippen LogP) is 2.07. The van der Waals surface area contributed by atoms with Crippen molar-refractivity contribution in [3.8, 4) is 5.75 Å². The second-order valence-electron chi connectivity index (χ2n) is 8.97. The van der Waals surface area contributed by atoms with Crippen molar-refractivity contribution in [3.05, 3.63) is 71.8 Å². The van der Waals surface area contributed by atoms with Gasteiger partial charge < -0.3 is 20.8 Å². The first kappa shape index (κ1) is 27.1. The highest BCUT2D eigenvalue weighted by Gasteiger charge is 2.42. The summed E-state index contributed by atoms with van der Waals surface area (Å²) in [5, 5.41) is 7.68. The van der Waals surface area contributed by atoms with Gasteiger partial charge in [-0.15, -0.1) is 0 Å². The van der Waals surface area contributed by atoms with E-state index in [9.17, 15) is 18.0 Å². The van der Waals surface area contributed by atoms with E-state index in [1.165, 1.54) is 19.4 Å². The fourth-order valence-corrected chi connectivity index (χ4v) is 6.21. The third-order valence-electron chi connectivity index (χ3n) is 6.46. The molecule has 3 aromatic rings. The molecule has 1 atom stereocenters. The smallest absolute Gasteiger partial charge is 0.244 e. The van der Waals surface area contributed by atoms with Crippen LogP contribution in [0.1, 0.15) is 24.5 Å². The van der Waals surface area contributed by atoms with Crippen LogP contribution in [0.2, 0.25) is 0 Å². The minimum Gasteiger partial charge on any atom is -0.497 e. The molecule has 3 N–H and O–H groups in total. The first-order valence-corrected chi connectivity index (χ1v) is 13.7. The molecule has 1 fully saturated rings. The van der Waals surface area contributed by atoms with Gasteiger partial charge in [-0.3, -0.25) is 9.59 Å². The van der Waals surface area contributed by atoms with Gasteiger partial charge in [-0.1, -0.05) is 30.3 Å². The van der Waals surface area contributed by atoms with Crippen LogP contribution in [0.25, 0.3) is 10.8 Å². The van der Waals surface area contributed by atoms with E-state index < -0.39 is 28.5 Å². The highest BCUT2D eigenvalue weighted by molar-refractivity contribution is 7.89. The Morgan fingerprint density at radius 2 is 1.97 bits per heavy atom. The molecule has 1 saturated heterocycles. The number of nitrogens with zero attached hydrogens (tertiary/aromatic N) is 3. The molecule has 11 heteroatoms. The third-order valence-corrected chi connectivity index (χ3v) is 8.31. The number of hydrogen-bond acceptors (Lipinski definition) is 7. The molecule has 2 amide bonds. The standard InChI is InChI=1S/C27H31N5O5S/c1-3-29-26(33)18-32(38(35,36)24-10-8-21-7-9-23(37-2)14-22(21)15-24)25-11-12-31(27(25)34)17-20-6-4-5-19(13-20)16-30-28/h4-10,13-16,25H,3,11-12,17-18,28H2,1-2H3,(H,29,33)/t25-/m0/s1. The van der Waals surface area contributed by atoms with E-state index in [4.69, 9.17) is 10.6 Å². The molecule has 0 radical (unpaired) electrons. The van der Waals surface area contributed by atoms with E-state index in [1.807, 2.05) is 30.3 Å². The van der Waals surface area contributed by atoms with Crippen LogP contribution in [0.15, 0.2) is 70.7 Å². The molecule has 3 aromatic carbocycles. The van der Waals surface area contributed by atoms with Crippen molar-refractivity contribution in [1.29, 1.82) is 0 Å². The number of nitrogens with two attached hydrogens (primary N) is 1. The Morgan fingerprint density at radius 3 is 2.71 bits per heavy atom. The van der Waals surface area contributed by atoms with Gasteiger partial charge in [0.15, 0.2) is 0 Å². The summed E-state index contributed by atoms with van der Waals surface area (Å²) in [4.78, 5) is 27.7. The molecular formula is C27H31N5O5S. The van der Waals surface area contributed by atoms with Gasteiger partial charge in [0, 0.05) is 19.6 Å². The molecule has 38 heavy (non-hydrogen) atoms. The zero-order valence-electron chi connectivity index (χ0n) is 21.3. The van der Waals surface area contributed by atoms with Gasteiger partial charge in [-0.05, 0) is 65.6 Å². The molecule has 1 aliphatic heterocycles. The topological polar surface area (TPSA) is 134 Å². The van der Waals surface area contributed by atoms with Crippen LogP contribution in [0.4, 0.5) is 0 Å². The molecule has 0 aromatic heterocycles. The number of hydrazone groups is 1. The Bertz CT molecular complexity index is 1470. The Hall–Kier alpha value is -3.96. The Balaban J connectivity index is 1.65. The number of nitrogens with one attached hydrogen (secondary N) is 1. The molecule has 10 nitrogen and oxygen atoms in total. The van der Waals surface area contributed by atoms with Gasteiger partial charge >= 0.3 is 0 Å². The Kier molecular flexibility index (Phi) is 8.28. The normalized spacial score (nSPS) is 16.0. The summed E-state index contributed by atoms with van der Waals surface area (Å²) in [7, 11) is -2.66. The largest absolute Gasteiger partial charge is 0.497 e. The summed E-state index contributed by atoms with van der Waals surface area (Å²) in [5.41, 5.74) is 1.65. The number of methoxy groups -OCH3 is 1. The molecule has 1 aliphatic rings. The summed E-state index contributed by atoms with van der Waals surface area (Å²) in [6.45, 7) is 2.29. The first-order chi connectivity index (χ1) is 18.3. The summed E-state index contributed by atoms with van der Waals surface area (Å²) in [5.74, 6) is 5.02. The fourth-order valence-electron chi connectivity index (χ4n) is 4.61. The maximum Gasteiger partial charge on any atom is 0.244 e. The van der Waals surface area contributed by atoms with Crippen LogP contribution < -0.4 is 15.9 Å². The Morgan fingerprint density at radius 1 is 1.18 bits per heavy atom. The van der Waals surface area contributed by atoms with Crippen LogP contribution >= 0.6 is 0 Å². The molecule has 200 valence electrons. The lowest BCUT2D eigenvalue weighted by atomic mass is 10.1. The fraction of sp³-hybridized carbons (Fsp3) is 0.296. The van der Waals surface area contributed by atoms with E-state index in [1.54, 1.807) is 36.1 Å². The second kappa shape index (κ2) is 11.6. The molecule has 1 heterocycles. The molecule has 0 aliphatic carbocycles. The number of likely N-dealkylation sites (N-methyl/N-ethyl adjacent to an activating group) is 1. The van der Waals surface area contributed by atoms with Crippen LogP contribution in [0.5, 0.6) is 5.75 Å². The van der Waals surface area contributed by atoms with E-state index in [0.717, 1.165) is 20.8 Å². The van der Waals surface area contributed by atoms with E-state index in [2.05, 4.69) is 10.4 Å². The highest BCUT2D eigenvalue weighted by Crippen LogP contribution is 2.29. The number of amides is 2. The Labute approximate surface area is 222 Å². The van der Waals surface area contributed by atoms with E-state index in [0.29, 0.717) is 30.8 Å². The molecule has 4 rings (SSSR count). The van der Waals surface area contributed by atoms with Crippen molar-refractivity contribution in [2.24, 2.45) is 10.9 Å². The van der Waals surface area contributed by atoms with Crippen molar-refractivity contribution in [1.82, 2.24) is 14.5 Å². The van der Waals surface area contributed by atoms with Crippen molar-refractivity contribution >= 4 is 38.8 Å². The summed E-state index contributed by atoms with van der Waals surface area (Å²) < 4.78 is 34.1. The molecular weight excluding hydrogens is 506 g/mol.